The van der Waals surface area contributed by atoms with Gasteiger partial charge in [0.15, 0.2) is 11.4 Å². The fourth-order valence-electron chi connectivity index (χ4n) is 3.16. The van der Waals surface area contributed by atoms with Gasteiger partial charge in [-0.25, -0.2) is 4.99 Å². The predicted octanol–water partition coefficient (Wildman–Crippen LogP) is 1.24. The number of nitrogens with one attached hydrogen (secondary N) is 1. The molecule has 1 spiro atoms. The van der Waals surface area contributed by atoms with Gasteiger partial charge < -0.3 is 10.2 Å². The third-order valence-electron chi connectivity index (χ3n) is 4.35. The molecule has 6 nitrogen and oxygen atoms in total. The molecule has 6 heteroatoms. The summed E-state index contributed by atoms with van der Waals surface area (Å²) in [7, 11) is 0. The average molecular weight is 320 g/mol. The number of hydrogen-bond acceptors (Lipinski definition) is 4. The molecule has 4 rings (SSSR count). The van der Waals surface area contributed by atoms with Crippen molar-refractivity contribution >= 4 is 17.5 Å². The van der Waals surface area contributed by atoms with E-state index in [-0.39, 0.29) is 11.8 Å². The third kappa shape index (κ3) is 2.46. The van der Waals surface area contributed by atoms with E-state index in [9.17, 15) is 9.59 Å². The lowest BCUT2D eigenvalue weighted by atomic mass is 10.1. The molecule has 2 aromatic rings. The number of aromatic nitrogens is 1. The summed E-state index contributed by atoms with van der Waals surface area (Å²) in [5, 5.41) is 2.94. The largest absolute Gasteiger partial charge is 0.334 e. The Balaban J connectivity index is 1.57. The molecule has 1 aromatic carbocycles. The predicted molar refractivity (Wildman–Crippen MR) is 88.6 cm³/mol. The summed E-state index contributed by atoms with van der Waals surface area (Å²) in [4.78, 5) is 35.4. The lowest BCUT2D eigenvalue weighted by Gasteiger charge is -2.21. The molecular weight excluding hydrogens is 304 g/mol. The average Bonchev–Trinajstić information content (AvgIpc) is 3.19. The number of amides is 2. The van der Waals surface area contributed by atoms with Crippen LogP contribution in [0.2, 0.25) is 0 Å². The number of aliphatic imine (C=N–C) groups is 1. The molecule has 0 radical (unpaired) electrons. The van der Waals surface area contributed by atoms with Crippen molar-refractivity contribution in [3.63, 3.8) is 0 Å². The van der Waals surface area contributed by atoms with E-state index in [2.05, 4.69) is 15.3 Å². The number of nitrogens with zero attached hydrogens (tertiary/aromatic N) is 3. The first-order valence-electron chi connectivity index (χ1n) is 7.85. The van der Waals surface area contributed by atoms with E-state index in [1.807, 2.05) is 24.3 Å². The summed E-state index contributed by atoms with van der Waals surface area (Å²) in [6, 6.07) is 14.5. The number of benzene rings is 1. The van der Waals surface area contributed by atoms with Crippen LogP contribution in [0.25, 0.3) is 0 Å². The van der Waals surface area contributed by atoms with E-state index in [1.54, 1.807) is 35.4 Å². The minimum atomic E-state index is -0.728. The minimum absolute atomic E-state index is 0.0387. The second-order valence-corrected chi connectivity index (χ2v) is 6.00. The fourth-order valence-corrected chi connectivity index (χ4v) is 3.16. The highest BCUT2D eigenvalue weighted by Gasteiger charge is 2.46. The quantitative estimate of drug-likeness (QED) is 0.905. The van der Waals surface area contributed by atoms with Crippen LogP contribution in [0, 0.1) is 0 Å². The Morgan fingerprint density at radius 2 is 1.92 bits per heavy atom. The highest BCUT2D eigenvalue weighted by Crippen LogP contribution is 2.28. The topological polar surface area (TPSA) is 74.7 Å². The van der Waals surface area contributed by atoms with Crippen LogP contribution in [0.4, 0.5) is 0 Å². The smallest absolute Gasteiger partial charge is 0.273 e. The van der Waals surface area contributed by atoms with Gasteiger partial charge in [-0.1, -0.05) is 24.3 Å². The molecule has 1 saturated heterocycles. The first-order chi connectivity index (χ1) is 11.7. The SMILES string of the molecule is O=C1NC2(CCN(C(=O)c3ccccc3)C2)N=C1c1ccccn1. The van der Waals surface area contributed by atoms with Gasteiger partial charge in [-0.15, -0.1) is 0 Å². The summed E-state index contributed by atoms with van der Waals surface area (Å²) in [5.41, 5.74) is 0.811. The first-order valence-corrected chi connectivity index (χ1v) is 7.85. The van der Waals surface area contributed by atoms with Crippen LogP contribution in [0.3, 0.4) is 0 Å². The van der Waals surface area contributed by atoms with Crippen molar-refractivity contribution in [3.05, 3.63) is 66.0 Å². The van der Waals surface area contributed by atoms with E-state index in [0.717, 1.165) is 0 Å². The molecule has 2 amide bonds. The number of carbonyl (C=O) groups excluding carboxylic acids is 2. The van der Waals surface area contributed by atoms with E-state index in [4.69, 9.17) is 0 Å². The molecule has 1 aromatic heterocycles. The lowest BCUT2D eigenvalue weighted by Crippen LogP contribution is -2.45. The molecule has 1 atom stereocenters. The highest BCUT2D eigenvalue weighted by atomic mass is 16.2. The maximum absolute atomic E-state index is 12.6. The van der Waals surface area contributed by atoms with Gasteiger partial charge in [-0.2, -0.15) is 0 Å². The van der Waals surface area contributed by atoms with Gasteiger partial charge in [-0.05, 0) is 24.3 Å². The number of hydrogen-bond donors (Lipinski definition) is 1. The Hall–Kier alpha value is -3.02. The summed E-state index contributed by atoms with van der Waals surface area (Å²) in [6.07, 6.45) is 2.24. The summed E-state index contributed by atoms with van der Waals surface area (Å²) in [6.45, 7) is 0.940. The minimum Gasteiger partial charge on any atom is -0.334 e. The second-order valence-electron chi connectivity index (χ2n) is 6.00. The summed E-state index contributed by atoms with van der Waals surface area (Å²) in [5.74, 6) is -0.272. The van der Waals surface area contributed by atoms with E-state index in [1.165, 1.54) is 0 Å². The molecule has 2 aliphatic heterocycles. The first kappa shape index (κ1) is 14.6. The summed E-state index contributed by atoms with van der Waals surface area (Å²) < 4.78 is 0. The van der Waals surface area contributed by atoms with Gasteiger partial charge in [0.2, 0.25) is 0 Å². The monoisotopic (exact) mass is 320 g/mol. The van der Waals surface area contributed by atoms with E-state index in [0.29, 0.717) is 36.5 Å². The third-order valence-corrected chi connectivity index (χ3v) is 4.35. The van der Waals surface area contributed by atoms with Crippen LogP contribution >= 0.6 is 0 Å². The van der Waals surface area contributed by atoms with Crippen molar-refractivity contribution in [2.45, 2.75) is 12.1 Å². The molecule has 2 aliphatic rings. The van der Waals surface area contributed by atoms with Gasteiger partial charge >= 0.3 is 0 Å². The van der Waals surface area contributed by atoms with Crippen LogP contribution < -0.4 is 5.32 Å². The highest BCUT2D eigenvalue weighted by molar-refractivity contribution is 6.46. The molecule has 0 aliphatic carbocycles. The van der Waals surface area contributed by atoms with Crippen molar-refractivity contribution in [3.8, 4) is 0 Å². The molecule has 0 saturated carbocycles. The van der Waals surface area contributed by atoms with Crippen molar-refractivity contribution < 1.29 is 9.59 Å². The van der Waals surface area contributed by atoms with E-state index >= 15 is 0 Å². The number of likely N-dealkylation sites (tertiary alicyclic amines) is 1. The van der Waals surface area contributed by atoms with Gasteiger partial charge in [0.05, 0.1) is 12.2 Å². The molecular formula is C18H16N4O2. The number of pyridine rings is 1. The van der Waals surface area contributed by atoms with Gasteiger partial charge in [0.1, 0.15) is 0 Å². The second kappa shape index (κ2) is 5.56. The molecule has 1 fully saturated rings. The van der Waals surface area contributed by atoms with Crippen LogP contribution in [-0.2, 0) is 4.79 Å². The molecule has 24 heavy (non-hydrogen) atoms. The Morgan fingerprint density at radius 3 is 2.67 bits per heavy atom. The van der Waals surface area contributed by atoms with Crippen LogP contribution in [0.5, 0.6) is 0 Å². The van der Waals surface area contributed by atoms with Gasteiger partial charge in [0, 0.05) is 24.7 Å². The van der Waals surface area contributed by atoms with Crippen LogP contribution in [-0.4, -0.2) is 46.2 Å². The van der Waals surface area contributed by atoms with Crippen molar-refractivity contribution in [1.29, 1.82) is 0 Å². The maximum Gasteiger partial charge on any atom is 0.273 e. The fraction of sp³-hybridized carbons (Fsp3) is 0.222. The Morgan fingerprint density at radius 1 is 1.12 bits per heavy atom. The lowest BCUT2D eigenvalue weighted by molar-refractivity contribution is -0.115. The zero-order chi connectivity index (χ0) is 16.6. The zero-order valence-corrected chi connectivity index (χ0v) is 13.0. The molecule has 0 bridgehead atoms. The molecule has 3 heterocycles. The van der Waals surface area contributed by atoms with Gasteiger partial charge in [-0.3, -0.25) is 14.6 Å². The van der Waals surface area contributed by atoms with Crippen molar-refractivity contribution in [1.82, 2.24) is 15.2 Å². The van der Waals surface area contributed by atoms with E-state index < -0.39 is 5.66 Å². The molecule has 1 unspecified atom stereocenters. The maximum atomic E-state index is 12.6. The Kier molecular flexibility index (Phi) is 3.37. The van der Waals surface area contributed by atoms with Crippen molar-refractivity contribution in [2.75, 3.05) is 13.1 Å². The molecule has 1 N–H and O–H groups in total. The normalized spacial score (nSPS) is 22.6. The summed E-state index contributed by atoms with van der Waals surface area (Å²) >= 11 is 0. The van der Waals surface area contributed by atoms with Crippen LogP contribution in [0.15, 0.2) is 59.7 Å². The Labute approximate surface area is 139 Å². The Bertz CT molecular complexity index is 819. The zero-order valence-electron chi connectivity index (χ0n) is 13.0. The number of rotatable bonds is 2. The standard InChI is InChI=1S/C18H16N4O2/c23-16-15(14-8-4-5-10-19-14)20-18(21-16)9-11-22(12-18)17(24)13-6-2-1-3-7-13/h1-8,10H,9,11-12H2,(H,21,23). The molecule has 120 valence electrons. The van der Waals surface area contributed by atoms with Crippen molar-refractivity contribution in [2.24, 2.45) is 4.99 Å². The van der Waals surface area contributed by atoms with Crippen LogP contribution in [0.1, 0.15) is 22.5 Å². The number of carbonyl (C=O) groups is 2. The van der Waals surface area contributed by atoms with Gasteiger partial charge in [0.25, 0.3) is 11.8 Å².